The highest BCUT2D eigenvalue weighted by atomic mass is 16.6. The minimum Gasteiger partial charge on any atom is -0.444 e. The van der Waals surface area contributed by atoms with Gasteiger partial charge in [0.15, 0.2) is 0 Å². The molecule has 2 N–H and O–H groups in total. The van der Waals surface area contributed by atoms with Crippen LogP contribution in [0.4, 0.5) is 4.79 Å². The Bertz CT molecular complexity index is 523. The van der Waals surface area contributed by atoms with Crippen LogP contribution in [0.15, 0.2) is 30.3 Å². The molecule has 0 bridgehead atoms. The van der Waals surface area contributed by atoms with Crippen molar-refractivity contribution < 1.29 is 19.1 Å². The molecule has 0 radical (unpaired) electrons. The monoisotopic (exact) mass is 320 g/mol. The van der Waals surface area contributed by atoms with Crippen LogP contribution in [0.2, 0.25) is 0 Å². The third-order valence-corrected chi connectivity index (χ3v) is 2.85. The maximum absolute atomic E-state index is 12.2. The Morgan fingerprint density at radius 1 is 1.22 bits per heavy atom. The molecule has 1 aromatic rings. The maximum Gasteiger partial charge on any atom is 0.408 e. The first kappa shape index (κ1) is 18.7. The van der Waals surface area contributed by atoms with E-state index in [0.29, 0.717) is 6.42 Å². The summed E-state index contributed by atoms with van der Waals surface area (Å²) in [5.41, 5.74) is 0.272. The van der Waals surface area contributed by atoms with E-state index in [0.717, 1.165) is 11.8 Å². The molecule has 0 fully saturated rings. The number of nitrogens with one attached hydrogen (secondary N) is 2. The van der Waals surface area contributed by atoms with Gasteiger partial charge in [-0.1, -0.05) is 30.3 Å². The van der Waals surface area contributed by atoms with E-state index in [1.807, 2.05) is 30.3 Å². The third-order valence-electron chi connectivity index (χ3n) is 2.85. The molecule has 1 rings (SSSR count). The highest BCUT2D eigenvalue weighted by molar-refractivity contribution is 5.86. The summed E-state index contributed by atoms with van der Waals surface area (Å²) >= 11 is 0. The molecule has 0 aromatic heterocycles. The van der Waals surface area contributed by atoms with Gasteiger partial charge in [-0.25, -0.2) is 4.79 Å². The smallest absolute Gasteiger partial charge is 0.408 e. The number of hydrogen-bond acceptors (Lipinski definition) is 4. The Balaban J connectivity index is 2.73. The van der Waals surface area contributed by atoms with Crippen molar-refractivity contribution >= 4 is 18.3 Å². The molecule has 0 aliphatic rings. The summed E-state index contributed by atoms with van der Waals surface area (Å²) in [5.74, 6) is -0.346. The number of alkyl carbamates (subject to hydrolysis) is 1. The Kier molecular flexibility index (Phi) is 7.25. The number of carbonyl (C=O) groups excluding carboxylic acids is 3. The molecule has 0 spiro atoms. The van der Waals surface area contributed by atoms with Gasteiger partial charge >= 0.3 is 6.09 Å². The minimum atomic E-state index is -0.765. The first-order chi connectivity index (χ1) is 10.8. The first-order valence-corrected chi connectivity index (χ1v) is 7.56. The van der Waals surface area contributed by atoms with Crippen molar-refractivity contribution in [3.05, 3.63) is 35.9 Å². The molecule has 0 heterocycles. The lowest BCUT2D eigenvalue weighted by Crippen LogP contribution is -2.49. The molecule has 1 atom stereocenters. The van der Waals surface area contributed by atoms with Gasteiger partial charge in [0.1, 0.15) is 17.9 Å². The van der Waals surface area contributed by atoms with Gasteiger partial charge in [0, 0.05) is 19.4 Å². The van der Waals surface area contributed by atoms with Crippen LogP contribution in [-0.4, -0.2) is 36.5 Å². The Morgan fingerprint density at radius 3 is 2.43 bits per heavy atom. The van der Waals surface area contributed by atoms with E-state index in [1.165, 1.54) is 0 Å². The van der Waals surface area contributed by atoms with Gasteiger partial charge in [-0.3, -0.25) is 4.79 Å². The second kappa shape index (κ2) is 8.92. The number of carbonyl (C=O) groups is 3. The van der Waals surface area contributed by atoms with Crippen molar-refractivity contribution in [2.75, 3.05) is 6.54 Å². The molecule has 126 valence electrons. The summed E-state index contributed by atoms with van der Waals surface area (Å²) in [7, 11) is 0. The predicted octanol–water partition coefficient (Wildman–Crippen LogP) is 1.83. The average molecular weight is 320 g/mol. The highest BCUT2D eigenvalue weighted by Gasteiger charge is 2.24. The standard InChI is InChI=1S/C17H24N2O4/c1-17(2,3)23-16(22)19-14(15(21)18-10-7-11-20)12-13-8-5-4-6-9-13/h4-6,8-9,11,14H,7,10,12H2,1-3H3,(H,18,21)(H,19,22). The highest BCUT2D eigenvalue weighted by Crippen LogP contribution is 2.08. The van der Waals surface area contributed by atoms with Crippen molar-refractivity contribution in [3.63, 3.8) is 0 Å². The Hall–Kier alpha value is -2.37. The van der Waals surface area contributed by atoms with E-state index in [1.54, 1.807) is 20.8 Å². The fraction of sp³-hybridized carbons (Fsp3) is 0.471. The van der Waals surface area contributed by atoms with Gasteiger partial charge in [-0.05, 0) is 26.3 Å². The fourth-order valence-electron chi connectivity index (χ4n) is 1.89. The largest absolute Gasteiger partial charge is 0.444 e. The molecular weight excluding hydrogens is 296 g/mol. The van der Waals surface area contributed by atoms with Crippen LogP contribution in [0.1, 0.15) is 32.8 Å². The lowest BCUT2D eigenvalue weighted by molar-refractivity contribution is -0.123. The van der Waals surface area contributed by atoms with Gasteiger partial charge in [-0.15, -0.1) is 0 Å². The second-order valence-corrected chi connectivity index (χ2v) is 6.13. The predicted molar refractivity (Wildman–Crippen MR) is 87.0 cm³/mol. The van der Waals surface area contributed by atoms with Crippen molar-refractivity contribution in [1.82, 2.24) is 10.6 Å². The zero-order valence-corrected chi connectivity index (χ0v) is 13.8. The van der Waals surface area contributed by atoms with Crippen molar-refractivity contribution in [1.29, 1.82) is 0 Å². The number of aldehydes is 1. The molecule has 1 unspecified atom stereocenters. The van der Waals surface area contributed by atoms with Crippen molar-refractivity contribution in [2.45, 2.75) is 45.3 Å². The fourth-order valence-corrected chi connectivity index (χ4v) is 1.89. The lowest BCUT2D eigenvalue weighted by Gasteiger charge is -2.23. The molecule has 0 saturated carbocycles. The normalized spacial score (nSPS) is 12.1. The summed E-state index contributed by atoms with van der Waals surface area (Å²) in [6, 6.07) is 8.60. The molecule has 2 amide bonds. The van der Waals surface area contributed by atoms with Gasteiger partial charge in [0.2, 0.25) is 5.91 Å². The van der Waals surface area contributed by atoms with E-state index in [4.69, 9.17) is 4.74 Å². The van der Waals surface area contributed by atoms with Crippen LogP contribution in [0, 0.1) is 0 Å². The van der Waals surface area contributed by atoms with E-state index in [-0.39, 0.29) is 18.9 Å². The number of hydrogen-bond donors (Lipinski definition) is 2. The van der Waals surface area contributed by atoms with E-state index < -0.39 is 17.7 Å². The maximum atomic E-state index is 12.2. The lowest BCUT2D eigenvalue weighted by atomic mass is 10.1. The van der Waals surface area contributed by atoms with E-state index in [9.17, 15) is 14.4 Å². The number of amides is 2. The third kappa shape index (κ3) is 7.99. The number of ether oxygens (including phenoxy) is 1. The number of benzene rings is 1. The van der Waals surface area contributed by atoms with E-state index in [2.05, 4.69) is 10.6 Å². The van der Waals surface area contributed by atoms with Crippen LogP contribution in [0.5, 0.6) is 0 Å². The Labute approximate surface area is 136 Å². The molecular formula is C17H24N2O4. The summed E-state index contributed by atoms with van der Waals surface area (Å²) in [6.07, 6.45) is 0.653. The zero-order chi connectivity index (χ0) is 17.3. The van der Waals surface area contributed by atoms with E-state index >= 15 is 0 Å². The van der Waals surface area contributed by atoms with Crippen LogP contribution in [0.25, 0.3) is 0 Å². The summed E-state index contributed by atoms with van der Waals surface area (Å²) in [6.45, 7) is 5.50. The molecule has 6 heteroatoms. The van der Waals surface area contributed by atoms with Gasteiger partial charge in [0.05, 0.1) is 0 Å². The quantitative estimate of drug-likeness (QED) is 0.593. The molecule has 0 aliphatic heterocycles. The molecule has 1 aromatic carbocycles. The van der Waals surface area contributed by atoms with Crippen LogP contribution in [0.3, 0.4) is 0 Å². The van der Waals surface area contributed by atoms with Crippen molar-refractivity contribution in [3.8, 4) is 0 Å². The summed E-state index contributed by atoms with van der Waals surface area (Å²) < 4.78 is 5.20. The van der Waals surface area contributed by atoms with Crippen molar-refractivity contribution in [2.24, 2.45) is 0 Å². The molecule has 0 aliphatic carbocycles. The Morgan fingerprint density at radius 2 is 1.87 bits per heavy atom. The van der Waals surface area contributed by atoms with Crippen LogP contribution in [-0.2, 0) is 20.7 Å². The summed E-state index contributed by atoms with van der Waals surface area (Å²) in [4.78, 5) is 34.5. The zero-order valence-electron chi connectivity index (χ0n) is 13.8. The molecule has 0 saturated heterocycles. The first-order valence-electron chi connectivity index (χ1n) is 7.56. The minimum absolute atomic E-state index is 0.232. The number of rotatable bonds is 7. The second-order valence-electron chi connectivity index (χ2n) is 6.13. The van der Waals surface area contributed by atoms with Gasteiger partial charge in [-0.2, -0.15) is 0 Å². The average Bonchev–Trinajstić information content (AvgIpc) is 2.46. The molecule has 6 nitrogen and oxygen atoms in total. The topological polar surface area (TPSA) is 84.5 Å². The summed E-state index contributed by atoms with van der Waals surface area (Å²) in [5, 5.41) is 5.22. The molecule has 23 heavy (non-hydrogen) atoms. The van der Waals surface area contributed by atoms with Crippen LogP contribution >= 0.6 is 0 Å². The van der Waals surface area contributed by atoms with Gasteiger partial charge < -0.3 is 20.2 Å². The van der Waals surface area contributed by atoms with Crippen LogP contribution < -0.4 is 10.6 Å². The van der Waals surface area contributed by atoms with Gasteiger partial charge in [0.25, 0.3) is 0 Å². The SMILES string of the molecule is CC(C)(C)OC(=O)NC(Cc1ccccc1)C(=O)NCCC=O.